The van der Waals surface area contributed by atoms with E-state index < -0.39 is 6.10 Å². The molecule has 1 atom stereocenters. The van der Waals surface area contributed by atoms with Crippen LogP contribution in [0.2, 0.25) is 0 Å². The lowest BCUT2D eigenvalue weighted by Gasteiger charge is -2.33. The number of hydrogen-bond acceptors (Lipinski definition) is 6. The van der Waals surface area contributed by atoms with Gasteiger partial charge in [0.15, 0.2) is 11.5 Å². The zero-order valence-electron chi connectivity index (χ0n) is 17.3. The van der Waals surface area contributed by atoms with Gasteiger partial charge in [-0.1, -0.05) is 19.9 Å². The number of amides is 2. The Morgan fingerprint density at radius 1 is 1.21 bits per heavy atom. The molecule has 28 heavy (non-hydrogen) atoms. The van der Waals surface area contributed by atoms with Crippen LogP contribution in [0, 0.1) is 0 Å². The number of carbonyl (C=O) groups excluding carboxylic acids is 1. The molecule has 0 saturated carbocycles. The Bertz CT molecular complexity index is 616. The first kappa shape index (κ1) is 22.3. The van der Waals surface area contributed by atoms with Gasteiger partial charge in [-0.2, -0.15) is 0 Å². The van der Waals surface area contributed by atoms with Crippen LogP contribution in [0.15, 0.2) is 18.2 Å². The number of hydrogen-bond donors (Lipinski definition) is 2. The lowest BCUT2D eigenvalue weighted by Crippen LogP contribution is -2.50. The largest absolute Gasteiger partial charge is 0.493 e. The van der Waals surface area contributed by atoms with E-state index in [1.807, 2.05) is 18.2 Å². The van der Waals surface area contributed by atoms with Crippen molar-refractivity contribution in [3.05, 3.63) is 23.8 Å². The average molecular weight is 395 g/mol. The molecule has 3 N–H and O–H groups in total. The number of nitrogens with zero attached hydrogens (tertiary/aromatic N) is 3. The lowest BCUT2D eigenvalue weighted by molar-refractivity contribution is 0.0705. The monoisotopic (exact) mass is 394 g/mol. The van der Waals surface area contributed by atoms with E-state index in [9.17, 15) is 9.90 Å². The van der Waals surface area contributed by atoms with Crippen molar-refractivity contribution in [1.29, 1.82) is 0 Å². The molecule has 158 valence electrons. The van der Waals surface area contributed by atoms with Crippen molar-refractivity contribution >= 4 is 6.03 Å². The Kier molecular flexibility index (Phi) is 8.82. The van der Waals surface area contributed by atoms with E-state index in [2.05, 4.69) is 23.6 Å². The maximum absolute atomic E-state index is 11.2. The van der Waals surface area contributed by atoms with Crippen LogP contribution in [0.25, 0.3) is 0 Å². The minimum Gasteiger partial charge on any atom is -0.493 e. The smallest absolute Gasteiger partial charge is 0.314 e. The Morgan fingerprint density at radius 2 is 1.89 bits per heavy atom. The summed E-state index contributed by atoms with van der Waals surface area (Å²) in [6, 6.07) is 5.51. The van der Waals surface area contributed by atoms with E-state index in [4.69, 9.17) is 15.2 Å². The number of nitrogens with two attached hydrogens (primary N) is 1. The maximum atomic E-state index is 11.2. The highest BCUT2D eigenvalue weighted by atomic mass is 16.5. The van der Waals surface area contributed by atoms with Gasteiger partial charge >= 0.3 is 6.03 Å². The highest BCUT2D eigenvalue weighted by Crippen LogP contribution is 2.29. The van der Waals surface area contributed by atoms with Gasteiger partial charge in [-0.15, -0.1) is 0 Å². The van der Waals surface area contributed by atoms with Crippen LogP contribution in [0.3, 0.4) is 0 Å². The van der Waals surface area contributed by atoms with Crippen LogP contribution in [0.4, 0.5) is 4.79 Å². The summed E-state index contributed by atoms with van der Waals surface area (Å²) in [7, 11) is 1.61. The van der Waals surface area contributed by atoms with Crippen LogP contribution in [-0.4, -0.2) is 91.5 Å². The van der Waals surface area contributed by atoms with Gasteiger partial charge in [0.25, 0.3) is 0 Å². The Hall–Kier alpha value is -2.03. The number of primary amides is 1. The Morgan fingerprint density at radius 3 is 2.46 bits per heavy atom. The molecule has 0 spiro atoms. The number of methoxy groups -OCH3 is 1. The average Bonchev–Trinajstić information content (AvgIpc) is 2.71. The number of urea groups is 1. The molecule has 1 unspecified atom stereocenters. The number of ether oxygens (including phenoxy) is 2. The molecule has 2 rings (SSSR count). The summed E-state index contributed by atoms with van der Waals surface area (Å²) in [4.78, 5) is 17.3. The first-order valence-corrected chi connectivity index (χ1v) is 9.93. The van der Waals surface area contributed by atoms with E-state index in [0.29, 0.717) is 31.1 Å². The second kappa shape index (κ2) is 11.1. The number of aliphatic hydroxyl groups excluding tert-OH is 1. The summed E-state index contributed by atoms with van der Waals surface area (Å²) < 4.78 is 11.3. The Labute approximate surface area is 167 Å². The SMILES string of the molecule is CCN(CC)CC(O)COc1cc(CN2CCN(C(N)=O)CC2)ccc1OC. The summed E-state index contributed by atoms with van der Waals surface area (Å²) in [6.45, 7) is 10.4. The second-order valence-corrected chi connectivity index (χ2v) is 7.04. The number of benzene rings is 1. The molecule has 0 aromatic heterocycles. The van der Waals surface area contributed by atoms with Crippen molar-refractivity contribution < 1.29 is 19.4 Å². The third-order valence-corrected chi connectivity index (χ3v) is 5.11. The molecule has 1 aliphatic heterocycles. The lowest BCUT2D eigenvalue weighted by atomic mass is 10.1. The second-order valence-electron chi connectivity index (χ2n) is 7.04. The molecule has 1 fully saturated rings. The number of likely N-dealkylation sites (N-methyl/N-ethyl adjacent to an activating group) is 1. The van der Waals surface area contributed by atoms with Crippen LogP contribution in [0.1, 0.15) is 19.4 Å². The van der Waals surface area contributed by atoms with Crippen molar-refractivity contribution in [2.24, 2.45) is 5.73 Å². The third kappa shape index (κ3) is 6.54. The van der Waals surface area contributed by atoms with Gasteiger partial charge in [-0.3, -0.25) is 4.90 Å². The molecule has 0 radical (unpaired) electrons. The highest BCUT2D eigenvalue weighted by molar-refractivity contribution is 5.72. The molecular formula is C20H34N4O4. The molecule has 1 heterocycles. The fraction of sp³-hybridized carbons (Fsp3) is 0.650. The number of aliphatic hydroxyl groups is 1. The highest BCUT2D eigenvalue weighted by Gasteiger charge is 2.20. The van der Waals surface area contributed by atoms with E-state index in [1.165, 1.54) is 0 Å². The van der Waals surface area contributed by atoms with Gasteiger partial charge in [-0.25, -0.2) is 4.79 Å². The van der Waals surface area contributed by atoms with Crippen LogP contribution in [0.5, 0.6) is 11.5 Å². The molecule has 8 nitrogen and oxygen atoms in total. The van der Waals surface area contributed by atoms with Gasteiger partial charge in [0.05, 0.1) is 7.11 Å². The number of carbonyl (C=O) groups is 1. The number of rotatable bonds is 10. The molecule has 1 aromatic carbocycles. The molecule has 8 heteroatoms. The van der Waals surface area contributed by atoms with Crippen LogP contribution >= 0.6 is 0 Å². The first-order valence-electron chi connectivity index (χ1n) is 9.93. The predicted octanol–water partition coefficient (Wildman–Crippen LogP) is 0.973. The maximum Gasteiger partial charge on any atom is 0.314 e. The third-order valence-electron chi connectivity index (χ3n) is 5.11. The summed E-state index contributed by atoms with van der Waals surface area (Å²) in [5, 5.41) is 10.2. The zero-order valence-corrected chi connectivity index (χ0v) is 17.3. The van der Waals surface area contributed by atoms with E-state index in [-0.39, 0.29) is 12.6 Å². The van der Waals surface area contributed by atoms with Gasteiger partial charge in [0.1, 0.15) is 12.7 Å². The van der Waals surface area contributed by atoms with Crippen molar-refractivity contribution in [2.45, 2.75) is 26.5 Å². The molecule has 0 bridgehead atoms. The normalized spacial score (nSPS) is 16.2. The molecule has 2 amide bonds. The molecule has 1 saturated heterocycles. The van der Waals surface area contributed by atoms with Gasteiger partial charge in [0, 0.05) is 39.3 Å². The van der Waals surface area contributed by atoms with Gasteiger partial charge < -0.3 is 30.1 Å². The minimum atomic E-state index is -0.560. The topological polar surface area (TPSA) is 91.5 Å². The minimum absolute atomic E-state index is 0.216. The van der Waals surface area contributed by atoms with Crippen molar-refractivity contribution in [2.75, 3.05) is 59.5 Å². The molecular weight excluding hydrogens is 360 g/mol. The van der Waals surface area contributed by atoms with E-state index >= 15 is 0 Å². The fourth-order valence-electron chi connectivity index (χ4n) is 3.34. The van der Waals surface area contributed by atoms with Gasteiger partial charge in [-0.05, 0) is 30.8 Å². The van der Waals surface area contributed by atoms with Crippen LogP contribution < -0.4 is 15.2 Å². The summed E-state index contributed by atoms with van der Waals surface area (Å²) in [6.07, 6.45) is -0.560. The van der Waals surface area contributed by atoms with Crippen LogP contribution in [-0.2, 0) is 6.54 Å². The van der Waals surface area contributed by atoms with Crippen molar-refractivity contribution in [3.63, 3.8) is 0 Å². The molecule has 1 aliphatic rings. The summed E-state index contributed by atoms with van der Waals surface area (Å²) in [5.74, 6) is 1.28. The summed E-state index contributed by atoms with van der Waals surface area (Å²) in [5.41, 5.74) is 6.44. The quantitative estimate of drug-likeness (QED) is 0.615. The zero-order chi connectivity index (χ0) is 20.5. The van der Waals surface area contributed by atoms with E-state index in [0.717, 1.165) is 38.3 Å². The van der Waals surface area contributed by atoms with E-state index in [1.54, 1.807) is 12.0 Å². The number of piperazine rings is 1. The molecule has 0 aliphatic carbocycles. The standard InChI is InChI=1S/C20H34N4O4/c1-4-22(5-2)14-17(25)15-28-19-12-16(6-7-18(19)27-3)13-23-8-10-24(11-9-23)20(21)26/h6-7,12,17,25H,4-5,8-11,13-15H2,1-3H3,(H2,21,26). The fourth-order valence-corrected chi connectivity index (χ4v) is 3.34. The Balaban J connectivity index is 1.93. The predicted molar refractivity (Wildman–Crippen MR) is 109 cm³/mol. The summed E-state index contributed by atoms with van der Waals surface area (Å²) >= 11 is 0. The first-order chi connectivity index (χ1) is 13.5. The molecule has 1 aromatic rings. The van der Waals surface area contributed by atoms with Crippen molar-refractivity contribution in [1.82, 2.24) is 14.7 Å². The van der Waals surface area contributed by atoms with Gasteiger partial charge in [0.2, 0.25) is 0 Å². The van der Waals surface area contributed by atoms with Crippen molar-refractivity contribution in [3.8, 4) is 11.5 Å².